The Balaban J connectivity index is 0. The monoisotopic (exact) mass is 268 g/mol. The Morgan fingerprint density at radius 3 is 2.26 bits per heavy atom. The lowest BCUT2D eigenvalue weighted by Gasteiger charge is -2.07. The highest BCUT2D eigenvalue weighted by Crippen LogP contribution is 2.22. The van der Waals surface area contributed by atoms with Crippen LogP contribution in [0.4, 0.5) is 0 Å². The molecule has 1 aromatic carbocycles. The van der Waals surface area contributed by atoms with Crippen LogP contribution in [-0.2, 0) is 15.9 Å². The van der Waals surface area contributed by atoms with Crippen LogP contribution < -0.4 is 0 Å². The number of carbonyl (C=O) groups is 1. The molecular weight excluding hydrogens is 244 g/mol. The quantitative estimate of drug-likeness (QED) is 0.675. The average Bonchev–Trinajstić information content (AvgIpc) is 2.43. The Morgan fingerprint density at radius 1 is 1.32 bits per heavy atom. The molecule has 0 fully saturated rings. The van der Waals surface area contributed by atoms with Crippen molar-refractivity contribution in [2.24, 2.45) is 0 Å². The molecule has 0 aromatic heterocycles. The van der Waals surface area contributed by atoms with Gasteiger partial charge in [-0.25, -0.2) is 4.79 Å². The van der Waals surface area contributed by atoms with Crippen LogP contribution >= 0.6 is 0 Å². The summed E-state index contributed by atoms with van der Waals surface area (Å²) in [7, 11) is 4.56. The number of ether oxygens (including phenoxy) is 2. The SMILES string of the molecule is C=CCc1c(O)cccc1C(=O)OC.CC.COC. The maximum atomic E-state index is 11.3. The number of rotatable bonds is 3. The van der Waals surface area contributed by atoms with Crippen LogP contribution in [0.1, 0.15) is 29.8 Å². The molecule has 108 valence electrons. The van der Waals surface area contributed by atoms with Crippen LogP contribution in [0, 0.1) is 0 Å². The van der Waals surface area contributed by atoms with E-state index in [4.69, 9.17) is 0 Å². The molecule has 0 amide bonds. The van der Waals surface area contributed by atoms with Gasteiger partial charge in [0, 0.05) is 19.8 Å². The fraction of sp³-hybridized carbons (Fsp3) is 0.400. The third-order valence-electron chi connectivity index (χ3n) is 1.91. The number of methoxy groups -OCH3 is 2. The van der Waals surface area contributed by atoms with Gasteiger partial charge in [0.05, 0.1) is 12.7 Å². The molecule has 0 saturated carbocycles. The number of benzene rings is 1. The second-order valence-electron chi connectivity index (χ2n) is 3.20. The number of phenols is 1. The summed E-state index contributed by atoms with van der Waals surface area (Å²) in [6, 6.07) is 4.75. The lowest BCUT2D eigenvalue weighted by atomic mass is 10.0. The van der Waals surface area contributed by atoms with Crippen molar-refractivity contribution in [3.63, 3.8) is 0 Å². The maximum Gasteiger partial charge on any atom is 0.338 e. The largest absolute Gasteiger partial charge is 0.508 e. The van der Waals surface area contributed by atoms with Crippen molar-refractivity contribution in [1.29, 1.82) is 0 Å². The van der Waals surface area contributed by atoms with E-state index in [1.807, 2.05) is 13.8 Å². The molecule has 0 aliphatic rings. The molecular formula is C15H24O4. The molecule has 0 unspecified atom stereocenters. The van der Waals surface area contributed by atoms with Crippen molar-refractivity contribution in [2.45, 2.75) is 20.3 Å². The number of aromatic hydroxyl groups is 1. The van der Waals surface area contributed by atoms with Gasteiger partial charge in [0.2, 0.25) is 0 Å². The van der Waals surface area contributed by atoms with E-state index in [0.29, 0.717) is 17.5 Å². The maximum absolute atomic E-state index is 11.3. The van der Waals surface area contributed by atoms with Crippen LogP contribution in [0.25, 0.3) is 0 Å². The number of allylic oxidation sites excluding steroid dienone is 1. The van der Waals surface area contributed by atoms with Crippen LogP contribution in [-0.4, -0.2) is 32.4 Å². The van der Waals surface area contributed by atoms with E-state index in [2.05, 4.69) is 16.1 Å². The molecule has 1 rings (SSSR count). The third kappa shape index (κ3) is 7.26. The van der Waals surface area contributed by atoms with E-state index >= 15 is 0 Å². The fourth-order valence-electron chi connectivity index (χ4n) is 1.23. The Bertz CT molecular complexity index is 372. The molecule has 0 radical (unpaired) electrons. The molecule has 0 bridgehead atoms. The Hall–Kier alpha value is -1.81. The lowest BCUT2D eigenvalue weighted by Crippen LogP contribution is -2.05. The molecule has 4 nitrogen and oxygen atoms in total. The molecule has 0 spiro atoms. The van der Waals surface area contributed by atoms with Crippen molar-refractivity contribution in [2.75, 3.05) is 21.3 Å². The van der Waals surface area contributed by atoms with Crippen molar-refractivity contribution in [3.05, 3.63) is 42.0 Å². The zero-order chi connectivity index (χ0) is 15.3. The van der Waals surface area contributed by atoms with Gasteiger partial charge in [0.25, 0.3) is 0 Å². The van der Waals surface area contributed by atoms with Crippen molar-refractivity contribution in [3.8, 4) is 5.75 Å². The van der Waals surface area contributed by atoms with E-state index in [9.17, 15) is 9.90 Å². The van der Waals surface area contributed by atoms with Crippen molar-refractivity contribution in [1.82, 2.24) is 0 Å². The topological polar surface area (TPSA) is 55.8 Å². The van der Waals surface area contributed by atoms with E-state index in [1.54, 1.807) is 32.4 Å². The highest BCUT2D eigenvalue weighted by molar-refractivity contribution is 5.91. The minimum Gasteiger partial charge on any atom is -0.508 e. The van der Waals surface area contributed by atoms with Crippen LogP contribution in [0.2, 0.25) is 0 Å². The molecule has 0 heterocycles. The van der Waals surface area contributed by atoms with Gasteiger partial charge >= 0.3 is 5.97 Å². The third-order valence-corrected chi connectivity index (χ3v) is 1.91. The highest BCUT2D eigenvalue weighted by atomic mass is 16.5. The molecule has 19 heavy (non-hydrogen) atoms. The summed E-state index contributed by atoms with van der Waals surface area (Å²) in [5, 5.41) is 9.51. The second-order valence-corrected chi connectivity index (χ2v) is 3.20. The minimum atomic E-state index is -0.447. The second kappa shape index (κ2) is 12.6. The molecule has 0 aliphatic heterocycles. The summed E-state index contributed by atoms with van der Waals surface area (Å²) in [5.41, 5.74) is 0.932. The first-order valence-electron chi connectivity index (χ1n) is 6.02. The van der Waals surface area contributed by atoms with E-state index in [-0.39, 0.29) is 5.75 Å². The number of esters is 1. The summed E-state index contributed by atoms with van der Waals surface area (Å²) < 4.78 is 8.84. The van der Waals surface area contributed by atoms with Gasteiger partial charge < -0.3 is 14.6 Å². The van der Waals surface area contributed by atoms with Gasteiger partial charge in [0.15, 0.2) is 0 Å². The van der Waals surface area contributed by atoms with Gasteiger partial charge in [-0.2, -0.15) is 0 Å². The van der Waals surface area contributed by atoms with Gasteiger partial charge in [-0.15, -0.1) is 6.58 Å². The summed E-state index contributed by atoms with van der Waals surface area (Å²) in [4.78, 5) is 11.3. The predicted molar refractivity (Wildman–Crippen MR) is 77.6 cm³/mol. The van der Waals surface area contributed by atoms with Gasteiger partial charge in [-0.05, 0) is 18.6 Å². The van der Waals surface area contributed by atoms with E-state index in [1.165, 1.54) is 13.2 Å². The molecule has 1 N–H and O–H groups in total. The highest BCUT2D eigenvalue weighted by Gasteiger charge is 2.13. The number of carbonyl (C=O) groups excluding carboxylic acids is 1. The normalized spacial score (nSPS) is 8.26. The molecule has 0 saturated heterocycles. The zero-order valence-corrected chi connectivity index (χ0v) is 12.4. The van der Waals surface area contributed by atoms with E-state index < -0.39 is 5.97 Å². The Labute approximate surface area is 115 Å². The standard InChI is InChI=1S/C11H12O3.C2H6O.C2H6/c1-3-5-8-9(11(13)14-2)6-4-7-10(8)12;1-3-2;1-2/h3-4,6-7,12H,1,5H2,2H3;1-2H3;1-2H3. The average molecular weight is 268 g/mol. The van der Waals surface area contributed by atoms with Crippen LogP contribution in [0.5, 0.6) is 5.75 Å². The summed E-state index contributed by atoms with van der Waals surface area (Å²) in [5.74, 6) is -0.356. The number of phenolic OH excluding ortho intramolecular Hbond substituents is 1. The van der Waals surface area contributed by atoms with Gasteiger partial charge in [-0.1, -0.05) is 26.0 Å². The van der Waals surface area contributed by atoms with Gasteiger partial charge in [-0.3, -0.25) is 0 Å². The first-order valence-corrected chi connectivity index (χ1v) is 6.02. The van der Waals surface area contributed by atoms with Crippen LogP contribution in [0.3, 0.4) is 0 Å². The van der Waals surface area contributed by atoms with Crippen LogP contribution in [0.15, 0.2) is 30.9 Å². The predicted octanol–water partition coefficient (Wildman–Crippen LogP) is 3.20. The molecule has 0 atom stereocenters. The number of hydrogen-bond acceptors (Lipinski definition) is 4. The number of hydrogen-bond donors (Lipinski definition) is 1. The molecule has 1 aromatic rings. The summed E-state index contributed by atoms with van der Waals surface area (Å²) >= 11 is 0. The van der Waals surface area contributed by atoms with Crippen molar-refractivity contribution < 1.29 is 19.4 Å². The first-order chi connectivity index (χ1) is 9.12. The minimum absolute atomic E-state index is 0.0906. The smallest absolute Gasteiger partial charge is 0.338 e. The fourth-order valence-corrected chi connectivity index (χ4v) is 1.23. The Kier molecular flexibility index (Phi) is 13.0. The summed E-state index contributed by atoms with van der Waals surface area (Å²) in [6.07, 6.45) is 2.07. The lowest BCUT2D eigenvalue weighted by molar-refractivity contribution is 0.0599. The molecule has 0 aliphatic carbocycles. The van der Waals surface area contributed by atoms with Gasteiger partial charge in [0.1, 0.15) is 5.75 Å². The molecule has 4 heteroatoms. The van der Waals surface area contributed by atoms with E-state index in [0.717, 1.165) is 0 Å². The Morgan fingerprint density at radius 2 is 1.84 bits per heavy atom. The zero-order valence-electron chi connectivity index (χ0n) is 12.4. The van der Waals surface area contributed by atoms with Crippen molar-refractivity contribution >= 4 is 5.97 Å². The summed E-state index contributed by atoms with van der Waals surface area (Å²) in [6.45, 7) is 7.56. The first kappa shape index (κ1) is 19.5.